The molecule has 5 heteroatoms. The van der Waals surface area contributed by atoms with Crippen molar-refractivity contribution in [2.75, 3.05) is 32.8 Å². The molecule has 16 heavy (non-hydrogen) atoms. The zero-order valence-corrected chi connectivity index (χ0v) is 9.48. The fraction of sp³-hybridized carbons (Fsp3) is 0.818. The van der Waals surface area contributed by atoms with Crippen LogP contribution in [0, 0.1) is 23.2 Å². The van der Waals surface area contributed by atoms with E-state index in [4.69, 9.17) is 10.00 Å². The summed E-state index contributed by atoms with van der Waals surface area (Å²) in [6.45, 7) is 5.25. The summed E-state index contributed by atoms with van der Waals surface area (Å²) in [5, 5.41) is 12.0. The summed E-state index contributed by atoms with van der Waals surface area (Å²) in [6.07, 6.45) is -0.456. The maximum absolute atomic E-state index is 12.2. The van der Waals surface area contributed by atoms with Crippen molar-refractivity contribution in [3.63, 3.8) is 0 Å². The molecule has 0 aromatic carbocycles. The van der Waals surface area contributed by atoms with E-state index in [1.165, 1.54) is 0 Å². The van der Waals surface area contributed by atoms with Gasteiger partial charge in [-0.1, -0.05) is 6.92 Å². The van der Waals surface area contributed by atoms with Crippen LogP contribution in [0.3, 0.4) is 0 Å². The van der Waals surface area contributed by atoms with Gasteiger partial charge in [-0.2, -0.15) is 5.26 Å². The molecule has 2 rings (SSSR count). The molecule has 1 unspecified atom stereocenters. The van der Waals surface area contributed by atoms with Crippen LogP contribution in [0.5, 0.6) is 0 Å². The van der Waals surface area contributed by atoms with Crippen molar-refractivity contribution in [1.82, 2.24) is 10.2 Å². The second kappa shape index (κ2) is 4.81. The first kappa shape index (κ1) is 11.4. The minimum atomic E-state index is -0.456. The second-order valence-electron chi connectivity index (χ2n) is 4.51. The lowest BCUT2D eigenvalue weighted by Crippen LogP contribution is -2.48. The van der Waals surface area contributed by atoms with Gasteiger partial charge in [0.15, 0.2) is 6.10 Å². The van der Waals surface area contributed by atoms with Crippen LogP contribution in [0.1, 0.15) is 6.92 Å². The van der Waals surface area contributed by atoms with Crippen LogP contribution in [0.25, 0.3) is 0 Å². The summed E-state index contributed by atoms with van der Waals surface area (Å²) in [4.78, 5) is 14.0. The number of nitrogens with zero attached hydrogens (tertiary/aromatic N) is 2. The highest BCUT2D eigenvalue weighted by molar-refractivity contribution is 5.80. The zero-order valence-electron chi connectivity index (χ0n) is 9.48. The van der Waals surface area contributed by atoms with Crippen molar-refractivity contribution in [3.8, 4) is 6.07 Å². The molecule has 2 aliphatic heterocycles. The van der Waals surface area contributed by atoms with Gasteiger partial charge in [0, 0.05) is 13.1 Å². The smallest absolute Gasteiger partial charge is 0.227 e. The number of nitrogens with one attached hydrogen (secondary N) is 1. The largest absolute Gasteiger partial charge is 0.360 e. The highest BCUT2D eigenvalue weighted by Crippen LogP contribution is 2.19. The summed E-state index contributed by atoms with van der Waals surface area (Å²) in [5.74, 6) is 0.620. The third-order valence-corrected chi connectivity index (χ3v) is 3.36. The van der Waals surface area contributed by atoms with Gasteiger partial charge in [0.2, 0.25) is 5.91 Å². The summed E-state index contributed by atoms with van der Waals surface area (Å²) < 4.78 is 5.23. The van der Waals surface area contributed by atoms with Crippen LogP contribution in [0.4, 0.5) is 0 Å². The predicted molar refractivity (Wildman–Crippen MR) is 57.5 cm³/mol. The summed E-state index contributed by atoms with van der Waals surface area (Å²) in [7, 11) is 0. The number of ether oxygens (including phenoxy) is 1. The summed E-state index contributed by atoms with van der Waals surface area (Å²) in [5.41, 5.74) is 0. The van der Waals surface area contributed by atoms with E-state index in [2.05, 4.69) is 18.3 Å². The third kappa shape index (κ3) is 2.18. The highest BCUT2D eigenvalue weighted by Gasteiger charge is 2.34. The first-order chi connectivity index (χ1) is 7.72. The van der Waals surface area contributed by atoms with E-state index in [1.807, 2.05) is 0 Å². The van der Waals surface area contributed by atoms with Crippen LogP contribution >= 0.6 is 0 Å². The monoisotopic (exact) mass is 223 g/mol. The van der Waals surface area contributed by atoms with Gasteiger partial charge in [-0.25, -0.2) is 0 Å². The number of carbonyl (C=O) groups is 1. The molecule has 0 aromatic rings. The average molecular weight is 223 g/mol. The van der Waals surface area contributed by atoms with Gasteiger partial charge in [0.25, 0.3) is 0 Å². The van der Waals surface area contributed by atoms with E-state index in [-0.39, 0.29) is 11.8 Å². The molecule has 3 atom stereocenters. The molecule has 0 bridgehead atoms. The third-order valence-electron chi connectivity index (χ3n) is 3.36. The number of carbonyl (C=O) groups excluding carboxylic acids is 1. The molecule has 5 nitrogen and oxygen atoms in total. The molecule has 0 saturated carbocycles. The Bertz CT molecular complexity index is 313. The Morgan fingerprint density at radius 3 is 3.00 bits per heavy atom. The minimum Gasteiger partial charge on any atom is -0.360 e. The molecular weight excluding hydrogens is 206 g/mol. The van der Waals surface area contributed by atoms with Crippen LogP contribution in [0.2, 0.25) is 0 Å². The van der Waals surface area contributed by atoms with Gasteiger partial charge in [0.1, 0.15) is 0 Å². The fourth-order valence-electron chi connectivity index (χ4n) is 2.30. The molecule has 2 heterocycles. The fourth-order valence-corrected chi connectivity index (χ4v) is 2.30. The Morgan fingerprint density at radius 1 is 1.56 bits per heavy atom. The predicted octanol–water partition coefficient (Wildman–Crippen LogP) is -0.407. The molecule has 2 aliphatic rings. The van der Waals surface area contributed by atoms with E-state index in [0.717, 1.165) is 13.1 Å². The van der Waals surface area contributed by atoms with Crippen LogP contribution in [-0.2, 0) is 9.53 Å². The van der Waals surface area contributed by atoms with Gasteiger partial charge in [0.05, 0.1) is 25.1 Å². The molecule has 2 saturated heterocycles. The number of rotatable bonds is 1. The molecule has 0 spiro atoms. The van der Waals surface area contributed by atoms with Crippen LogP contribution in [0.15, 0.2) is 0 Å². The number of morpholine rings is 1. The molecule has 1 N–H and O–H groups in total. The maximum atomic E-state index is 12.2. The molecule has 1 amide bonds. The number of amides is 1. The average Bonchev–Trinajstić information content (AvgIpc) is 2.74. The summed E-state index contributed by atoms with van der Waals surface area (Å²) in [6, 6.07) is 2.06. The molecule has 2 fully saturated rings. The Labute approximate surface area is 95.4 Å². The van der Waals surface area contributed by atoms with Crippen molar-refractivity contribution >= 4 is 5.91 Å². The molecular formula is C11H17N3O2. The van der Waals surface area contributed by atoms with Crippen molar-refractivity contribution in [2.24, 2.45) is 11.8 Å². The zero-order chi connectivity index (χ0) is 11.5. The van der Waals surface area contributed by atoms with Gasteiger partial charge in [-0.3, -0.25) is 4.79 Å². The number of hydrogen-bond acceptors (Lipinski definition) is 4. The standard InChI is InChI=1S/C11H17N3O2/c1-8-5-13-6-10(8)11(15)14-2-3-16-9(4-12)7-14/h8-10,13H,2-3,5-7H2,1H3/t8-,9?,10-/m1/s1. The van der Waals surface area contributed by atoms with Crippen LogP contribution < -0.4 is 5.32 Å². The van der Waals surface area contributed by atoms with E-state index in [1.54, 1.807) is 4.90 Å². The Kier molecular flexibility index (Phi) is 3.42. The SMILES string of the molecule is C[C@@H]1CNC[C@H]1C(=O)N1CCOC(C#N)C1. The Morgan fingerprint density at radius 2 is 2.38 bits per heavy atom. The summed E-state index contributed by atoms with van der Waals surface area (Å²) >= 11 is 0. The number of nitriles is 1. The lowest BCUT2D eigenvalue weighted by Gasteiger charge is -2.32. The first-order valence-electron chi connectivity index (χ1n) is 5.73. The molecule has 0 radical (unpaired) electrons. The quantitative estimate of drug-likeness (QED) is 0.656. The van der Waals surface area contributed by atoms with Gasteiger partial charge < -0.3 is 15.0 Å². The minimum absolute atomic E-state index is 0.0671. The Balaban J connectivity index is 1.96. The van der Waals surface area contributed by atoms with Crippen molar-refractivity contribution in [1.29, 1.82) is 5.26 Å². The first-order valence-corrected chi connectivity index (χ1v) is 5.73. The molecule has 88 valence electrons. The number of hydrogen-bond donors (Lipinski definition) is 1. The van der Waals surface area contributed by atoms with Gasteiger partial charge in [-0.05, 0) is 12.5 Å². The molecule has 0 aliphatic carbocycles. The normalized spacial score (nSPS) is 34.8. The molecule has 0 aromatic heterocycles. The lowest BCUT2D eigenvalue weighted by molar-refractivity contribution is -0.141. The van der Waals surface area contributed by atoms with Gasteiger partial charge in [-0.15, -0.1) is 0 Å². The van der Waals surface area contributed by atoms with E-state index in [0.29, 0.717) is 25.6 Å². The highest BCUT2D eigenvalue weighted by atomic mass is 16.5. The lowest BCUT2D eigenvalue weighted by atomic mass is 9.96. The van der Waals surface area contributed by atoms with Crippen LogP contribution in [-0.4, -0.2) is 49.7 Å². The van der Waals surface area contributed by atoms with E-state index >= 15 is 0 Å². The topological polar surface area (TPSA) is 65.4 Å². The second-order valence-corrected chi connectivity index (χ2v) is 4.51. The van der Waals surface area contributed by atoms with E-state index in [9.17, 15) is 4.79 Å². The van der Waals surface area contributed by atoms with Crippen molar-refractivity contribution < 1.29 is 9.53 Å². The van der Waals surface area contributed by atoms with Crippen molar-refractivity contribution in [2.45, 2.75) is 13.0 Å². The van der Waals surface area contributed by atoms with Gasteiger partial charge >= 0.3 is 0 Å². The maximum Gasteiger partial charge on any atom is 0.227 e. The van der Waals surface area contributed by atoms with Crippen molar-refractivity contribution in [3.05, 3.63) is 0 Å². The Hall–Kier alpha value is -1.12. The van der Waals surface area contributed by atoms with E-state index < -0.39 is 6.10 Å².